The maximum Gasteiger partial charge on any atom is 0.101 e. The van der Waals surface area contributed by atoms with E-state index in [-0.39, 0.29) is 0 Å². The molecule has 8 aromatic rings. The van der Waals surface area contributed by atoms with Crippen molar-refractivity contribution in [2.75, 3.05) is 0 Å². The van der Waals surface area contributed by atoms with Crippen LogP contribution in [0.15, 0.2) is 140 Å². The molecule has 208 valence electrons. The molecule has 0 atom stereocenters. The zero-order valence-corrected chi connectivity index (χ0v) is 24.7. The van der Waals surface area contributed by atoms with Crippen LogP contribution in [0.4, 0.5) is 0 Å². The number of nitriles is 1. The number of nitrogens with zero attached hydrogens (tertiary/aromatic N) is 2. The number of aryl methyl sites for hydroxylation is 1. The number of pyridine rings is 1. The van der Waals surface area contributed by atoms with E-state index in [0.29, 0.717) is 5.56 Å². The van der Waals surface area contributed by atoms with Crippen LogP contribution in [0.25, 0.3) is 88.2 Å². The van der Waals surface area contributed by atoms with Gasteiger partial charge >= 0.3 is 0 Å². The molecular weight excluding hydrogens is 544 g/mol. The van der Waals surface area contributed by atoms with Crippen molar-refractivity contribution in [2.45, 2.75) is 6.92 Å². The predicted molar refractivity (Wildman–Crippen MR) is 187 cm³/mol. The van der Waals surface area contributed by atoms with Crippen LogP contribution in [0.2, 0.25) is 0 Å². The molecule has 0 saturated carbocycles. The maximum absolute atomic E-state index is 10.3. The van der Waals surface area contributed by atoms with Gasteiger partial charge in [0.25, 0.3) is 0 Å². The van der Waals surface area contributed by atoms with E-state index in [1.165, 1.54) is 60.7 Å². The van der Waals surface area contributed by atoms with Crippen molar-refractivity contribution in [3.05, 3.63) is 151 Å². The average molecular weight is 571 g/mol. The van der Waals surface area contributed by atoms with Gasteiger partial charge in [-0.1, -0.05) is 133 Å². The number of fused-ring (bicyclic) bond motifs is 5. The van der Waals surface area contributed by atoms with Crippen molar-refractivity contribution in [3.63, 3.8) is 0 Å². The molecule has 0 radical (unpaired) electrons. The normalized spacial score (nSPS) is 11.6. The van der Waals surface area contributed by atoms with E-state index in [1.54, 1.807) is 0 Å². The molecule has 1 heterocycles. The molecule has 0 saturated heterocycles. The van der Waals surface area contributed by atoms with Crippen molar-refractivity contribution < 1.29 is 0 Å². The summed E-state index contributed by atoms with van der Waals surface area (Å²) in [5, 5.41) is 16.1. The fourth-order valence-corrected chi connectivity index (χ4v) is 7.45. The third kappa shape index (κ3) is 3.65. The molecular formula is C43H26N2. The maximum atomic E-state index is 10.3. The molecule has 0 spiro atoms. The van der Waals surface area contributed by atoms with Crippen LogP contribution >= 0.6 is 0 Å². The highest BCUT2D eigenvalue weighted by atomic mass is 14.7. The van der Waals surface area contributed by atoms with Crippen molar-refractivity contribution in [2.24, 2.45) is 0 Å². The third-order valence-electron chi connectivity index (χ3n) is 9.34. The Kier molecular flexibility index (Phi) is 5.51. The lowest BCUT2D eigenvalue weighted by Gasteiger charge is -2.20. The Morgan fingerprint density at radius 1 is 0.511 bits per heavy atom. The summed E-state index contributed by atoms with van der Waals surface area (Å²) < 4.78 is 0. The number of hydrogen-bond acceptors (Lipinski definition) is 2. The van der Waals surface area contributed by atoms with Gasteiger partial charge in [0.2, 0.25) is 0 Å². The first-order chi connectivity index (χ1) is 22.2. The molecule has 2 heteroatoms. The van der Waals surface area contributed by atoms with Crippen LogP contribution in [0.1, 0.15) is 11.1 Å². The zero-order valence-electron chi connectivity index (χ0n) is 24.7. The number of rotatable bonds is 3. The average Bonchev–Trinajstić information content (AvgIpc) is 3.42. The van der Waals surface area contributed by atoms with Gasteiger partial charge in [-0.25, -0.2) is 4.98 Å². The smallest absolute Gasteiger partial charge is 0.101 e. The largest absolute Gasteiger partial charge is 0.246 e. The molecule has 0 unspecified atom stereocenters. The van der Waals surface area contributed by atoms with Gasteiger partial charge in [-0.2, -0.15) is 5.26 Å². The lowest BCUT2D eigenvalue weighted by molar-refractivity contribution is 1.34. The monoisotopic (exact) mass is 570 g/mol. The van der Waals surface area contributed by atoms with Crippen LogP contribution in [-0.2, 0) is 0 Å². The summed E-state index contributed by atoms with van der Waals surface area (Å²) in [7, 11) is 0. The highest BCUT2D eigenvalue weighted by molar-refractivity contribution is 6.28. The predicted octanol–water partition coefficient (Wildman–Crippen LogP) is 11.4. The molecule has 0 bridgehead atoms. The highest BCUT2D eigenvalue weighted by Gasteiger charge is 2.31. The van der Waals surface area contributed by atoms with Gasteiger partial charge in [0.05, 0.1) is 16.8 Å². The quantitative estimate of drug-likeness (QED) is 0.212. The molecule has 0 amide bonds. The lowest BCUT2D eigenvalue weighted by Crippen LogP contribution is -1.94. The first-order valence-electron chi connectivity index (χ1n) is 15.3. The Bertz CT molecular complexity index is 2450. The Balaban J connectivity index is 1.44. The molecule has 0 aliphatic heterocycles. The van der Waals surface area contributed by atoms with Gasteiger partial charge in [-0.3, -0.25) is 0 Å². The van der Waals surface area contributed by atoms with Crippen LogP contribution in [0, 0.1) is 18.3 Å². The Hall–Kier alpha value is -6.04. The van der Waals surface area contributed by atoms with Crippen LogP contribution in [0.5, 0.6) is 0 Å². The van der Waals surface area contributed by atoms with Gasteiger partial charge < -0.3 is 0 Å². The van der Waals surface area contributed by atoms with Crippen molar-refractivity contribution in [1.29, 1.82) is 5.26 Å². The summed E-state index contributed by atoms with van der Waals surface area (Å²) in [6, 6.07) is 52.0. The van der Waals surface area contributed by atoms with Gasteiger partial charge in [0, 0.05) is 10.9 Å². The fourth-order valence-electron chi connectivity index (χ4n) is 7.45. The highest BCUT2D eigenvalue weighted by Crippen LogP contribution is 2.58. The molecule has 1 aliphatic rings. The minimum absolute atomic E-state index is 0.588. The van der Waals surface area contributed by atoms with E-state index in [1.807, 2.05) is 18.2 Å². The Morgan fingerprint density at radius 2 is 1.07 bits per heavy atom. The summed E-state index contributed by atoms with van der Waals surface area (Å²) in [5.74, 6) is 0. The summed E-state index contributed by atoms with van der Waals surface area (Å²) in [6.07, 6.45) is 0. The number of para-hydroxylation sites is 1. The molecule has 1 aromatic heterocycles. The summed E-state index contributed by atoms with van der Waals surface area (Å²) in [6.45, 7) is 2.08. The fraction of sp³-hybridized carbons (Fsp3) is 0.0233. The first-order valence-corrected chi connectivity index (χ1v) is 15.3. The zero-order chi connectivity index (χ0) is 30.1. The first kappa shape index (κ1) is 25.5. The van der Waals surface area contributed by atoms with Crippen LogP contribution < -0.4 is 0 Å². The summed E-state index contributed by atoms with van der Waals surface area (Å²) in [5.41, 5.74) is 14.2. The second-order valence-corrected chi connectivity index (χ2v) is 11.8. The second-order valence-electron chi connectivity index (χ2n) is 11.8. The lowest BCUT2D eigenvalue weighted by atomic mass is 9.82. The third-order valence-corrected chi connectivity index (χ3v) is 9.34. The summed E-state index contributed by atoms with van der Waals surface area (Å²) >= 11 is 0. The van der Waals surface area contributed by atoms with Crippen molar-refractivity contribution >= 4 is 32.4 Å². The van der Waals surface area contributed by atoms with E-state index < -0.39 is 0 Å². The van der Waals surface area contributed by atoms with E-state index in [4.69, 9.17) is 4.98 Å². The standard InChI is InChI=1S/C43H26N2/c1-26-12-10-17-29-24-30(25-44)43(45-42(26)29)34-22-23-36-39-33(34)20-11-21-35(39)40-37(27-13-4-2-5-14-27)31-18-8-9-19-32(31)38(41(36)40)28-15-6-3-7-16-28/h2-24H,1H3. The van der Waals surface area contributed by atoms with E-state index in [9.17, 15) is 5.26 Å². The topological polar surface area (TPSA) is 36.7 Å². The molecule has 2 nitrogen and oxygen atoms in total. The Labute approximate surface area is 261 Å². The van der Waals surface area contributed by atoms with Crippen LogP contribution in [0.3, 0.4) is 0 Å². The number of benzene rings is 7. The van der Waals surface area contributed by atoms with Gasteiger partial charge in [0.15, 0.2) is 0 Å². The van der Waals surface area contributed by atoms with Gasteiger partial charge in [-0.05, 0) is 84.6 Å². The molecule has 7 aromatic carbocycles. The molecule has 9 rings (SSSR count). The van der Waals surface area contributed by atoms with Crippen molar-refractivity contribution in [1.82, 2.24) is 4.98 Å². The molecule has 0 fully saturated rings. The van der Waals surface area contributed by atoms with E-state index in [0.717, 1.165) is 33.1 Å². The minimum Gasteiger partial charge on any atom is -0.246 e. The van der Waals surface area contributed by atoms with Crippen LogP contribution in [-0.4, -0.2) is 4.98 Å². The molecule has 1 aliphatic carbocycles. The number of aromatic nitrogens is 1. The Morgan fingerprint density at radius 3 is 1.71 bits per heavy atom. The van der Waals surface area contributed by atoms with Gasteiger partial charge in [0.1, 0.15) is 6.07 Å². The van der Waals surface area contributed by atoms with Gasteiger partial charge in [-0.15, -0.1) is 0 Å². The van der Waals surface area contributed by atoms with Crippen molar-refractivity contribution in [3.8, 4) is 61.8 Å². The van der Waals surface area contributed by atoms with E-state index >= 15 is 0 Å². The molecule has 0 N–H and O–H groups in total. The minimum atomic E-state index is 0.588. The number of hydrogen-bond donors (Lipinski definition) is 0. The summed E-state index contributed by atoms with van der Waals surface area (Å²) in [4.78, 5) is 5.15. The molecule has 45 heavy (non-hydrogen) atoms. The van der Waals surface area contributed by atoms with E-state index in [2.05, 4.69) is 134 Å². The SMILES string of the molecule is Cc1cccc2cc(C#N)c(-c3ccc4c5c(cccc35)-c3c-4c(-c4ccccc4)c4ccccc4c3-c3ccccc3)nc12. The second kappa shape index (κ2) is 9.74.